The minimum Gasteiger partial charge on any atom is -0.312 e. The SMILES string of the molecule is CN1CCC(n2nc(C#N)c3c2CCNC3)CC1. The van der Waals surface area contributed by atoms with Crippen molar-refractivity contribution in [2.24, 2.45) is 0 Å². The van der Waals surface area contributed by atoms with Gasteiger partial charge in [-0.1, -0.05) is 0 Å². The summed E-state index contributed by atoms with van der Waals surface area (Å²) in [5, 5.41) is 17.1. The minimum absolute atomic E-state index is 0.482. The lowest BCUT2D eigenvalue weighted by atomic mass is 10.0. The molecule has 2 aliphatic heterocycles. The number of likely N-dealkylation sites (tertiary alicyclic amines) is 1. The van der Waals surface area contributed by atoms with Crippen LogP contribution in [-0.2, 0) is 13.0 Å². The lowest BCUT2D eigenvalue weighted by Gasteiger charge is -2.30. The Morgan fingerprint density at radius 1 is 1.39 bits per heavy atom. The Morgan fingerprint density at radius 3 is 2.89 bits per heavy atom. The van der Waals surface area contributed by atoms with Gasteiger partial charge in [0.25, 0.3) is 0 Å². The van der Waals surface area contributed by atoms with Crippen LogP contribution in [0.3, 0.4) is 0 Å². The van der Waals surface area contributed by atoms with Gasteiger partial charge in [0, 0.05) is 30.8 Å². The predicted molar refractivity (Wildman–Crippen MR) is 68.1 cm³/mol. The number of rotatable bonds is 1. The van der Waals surface area contributed by atoms with Crippen LogP contribution in [0.25, 0.3) is 0 Å². The Balaban J connectivity index is 1.92. The van der Waals surface area contributed by atoms with Crippen molar-refractivity contribution in [3.63, 3.8) is 0 Å². The van der Waals surface area contributed by atoms with Crippen LogP contribution in [0.4, 0.5) is 0 Å². The highest BCUT2D eigenvalue weighted by Gasteiger charge is 2.26. The number of nitrogens with zero attached hydrogens (tertiary/aromatic N) is 4. The summed E-state index contributed by atoms with van der Waals surface area (Å²) in [5.41, 5.74) is 3.04. The second-order valence-corrected chi connectivity index (χ2v) is 5.29. The molecule has 0 unspecified atom stereocenters. The van der Waals surface area contributed by atoms with Gasteiger partial charge < -0.3 is 10.2 Å². The first kappa shape index (κ1) is 11.7. The van der Waals surface area contributed by atoms with Gasteiger partial charge in [-0.3, -0.25) is 4.68 Å². The van der Waals surface area contributed by atoms with Gasteiger partial charge in [-0.15, -0.1) is 0 Å². The number of fused-ring (bicyclic) bond motifs is 1. The molecule has 5 nitrogen and oxygen atoms in total. The molecule has 0 aromatic carbocycles. The van der Waals surface area contributed by atoms with E-state index < -0.39 is 0 Å². The highest BCUT2D eigenvalue weighted by atomic mass is 15.3. The Kier molecular flexibility index (Phi) is 3.06. The molecular weight excluding hydrogens is 226 g/mol. The zero-order valence-corrected chi connectivity index (χ0v) is 10.8. The Bertz CT molecular complexity index is 476. The smallest absolute Gasteiger partial charge is 0.167 e. The maximum Gasteiger partial charge on any atom is 0.167 e. The van der Waals surface area contributed by atoms with E-state index in [0.717, 1.165) is 51.0 Å². The summed E-state index contributed by atoms with van der Waals surface area (Å²) in [6, 6.07) is 2.72. The Morgan fingerprint density at radius 2 is 2.17 bits per heavy atom. The van der Waals surface area contributed by atoms with E-state index in [1.807, 2.05) is 0 Å². The van der Waals surface area contributed by atoms with Crippen molar-refractivity contribution in [1.29, 1.82) is 5.26 Å². The molecule has 1 saturated heterocycles. The van der Waals surface area contributed by atoms with E-state index in [0.29, 0.717) is 11.7 Å². The van der Waals surface area contributed by atoms with Crippen molar-refractivity contribution in [2.75, 3.05) is 26.7 Å². The fourth-order valence-electron chi connectivity index (χ4n) is 3.01. The number of piperidine rings is 1. The standard InChI is InChI=1S/C13H19N5/c1-17-6-3-10(4-7-17)18-13-2-5-15-9-11(13)12(8-14)16-18/h10,15H,2-7,9H2,1H3. The van der Waals surface area contributed by atoms with Crippen LogP contribution in [0.5, 0.6) is 0 Å². The van der Waals surface area contributed by atoms with E-state index in [2.05, 4.69) is 33.1 Å². The van der Waals surface area contributed by atoms with Crippen LogP contribution < -0.4 is 5.32 Å². The van der Waals surface area contributed by atoms with Crippen LogP contribution in [0.2, 0.25) is 0 Å². The molecule has 3 rings (SSSR count). The lowest BCUT2D eigenvalue weighted by Crippen LogP contribution is -2.33. The second-order valence-electron chi connectivity index (χ2n) is 5.29. The van der Waals surface area contributed by atoms with Gasteiger partial charge in [-0.25, -0.2) is 0 Å². The number of hydrogen-bond acceptors (Lipinski definition) is 4. The Labute approximate surface area is 107 Å². The maximum atomic E-state index is 9.19. The third-order valence-corrected chi connectivity index (χ3v) is 4.10. The highest BCUT2D eigenvalue weighted by molar-refractivity contribution is 5.36. The van der Waals surface area contributed by atoms with Gasteiger partial charge in [0.2, 0.25) is 0 Å². The lowest BCUT2D eigenvalue weighted by molar-refractivity contribution is 0.209. The fourth-order valence-corrected chi connectivity index (χ4v) is 3.01. The predicted octanol–water partition coefficient (Wildman–Crippen LogP) is 0.667. The Hall–Kier alpha value is -1.38. The number of aromatic nitrogens is 2. The molecule has 5 heteroatoms. The maximum absolute atomic E-state index is 9.19. The van der Waals surface area contributed by atoms with Gasteiger partial charge in [0.1, 0.15) is 6.07 Å². The summed E-state index contributed by atoms with van der Waals surface area (Å²) in [6.07, 6.45) is 3.28. The molecule has 96 valence electrons. The summed E-state index contributed by atoms with van der Waals surface area (Å²) in [6.45, 7) is 4.04. The van der Waals surface area contributed by atoms with E-state index in [9.17, 15) is 5.26 Å². The van der Waals surface area contributed by atoms with Crippen LogP contribution >= 0.6 is 0 Å². The van der Waals surface area contributed by atoms with E-state index in [4.69, 9.17) is 0 Å². The third-order valence-electron chi connectivity index (χ3n) is 4.10. The van der Waals surface area contributed by atoms with Crippen molar-refractivity contribution in [1.82, 2.24) is 20.0 Å². The quantitative estimate of drug-likeness (QED) is 0.790. The van der Waals surface area contributed by atoms with E-state index in [-0.39, 0.29) is 0 Å². The average molecular weight is 245 g/mol. The first-order valence-corrected chi connectivity index (χ1v) is 6.69. The molecule has 0 bridgehead atoms. The normalized spacial score (nSPS) is 21.6. The van der Waals surface area contributed by atoms with Gasteiger partial charge in [-0.05, 0) is 33.0 Å². The molecule has 2 aliphatic rings. The van der Waals surface area contributed by atoms with Gasteiger partial charge in [0.05, 0.1) is 6.04 Å². The first-order valence-electron chi connectivity index (χ1n) is 6.69. The van der Waals surface area contributed by atoms with Crippen molar-refractivity contribution >= 4 is 0 Å². The monoisotopic (exact) mass is 245 g/mol. The summed E-state index contributed by atoms with van der Waals surface area (Å²) < 4.78 is 2.15. The molecule has 0 atom stereocenters. The van der Waals surface area contributed by atoms with Crippen molar-refractivity contribution in [2.45, 2.75) is 31.8 Å². The molecule has 0 radical (unpaired) electrons. The molecule has 0 spiro atoms. The van der Waals surface area contributed by atoms with Crippen molar-refractivity contribution < 1.29 is 0 Å². The summed E-state index contributed by atoms with van der Waals surface area (Å²) >= 11 is 0. The van der Waals surface area contributed by atoms with E-state index in [1.165, 1.54) is 5.69 Å². The molecule has 3 heterocycles. The summed E-state index contributed by atoms with van der Waals surface area (Å²) in [5.74, 6) is 0. The van der Waals surface area contributed by atoms with Crippen LogP contribution in [0.15, 0.2) is 0 Å². The summed E-state index contributed by atoms with van der Waals surface area (Å²) in [7, 11) is 2.17. The molecule has 0 saturated carbocycles. The van der Waals surface area contributed by atoms with Gasteiger partial charge in [-0.2, -0.15) is 10.4 Å². The van der Waals surface area contributed by atoms with E-state index >= 15 is 0 Å². The number of hydrogen-bond donors (Lipinski definition) is 1. The highest BCUT2D eigenvalue weighted by Crippen LogP contribution is 2.27. The van der Waals surface area contributed by atoms with Crippen LogP contribution in [-0.4, -0.2) is 41.4 Å². The molecule has 1 N–H and O–H groups in total. The molecule has 18 heavy (non-hydrogen) atoms. The zero-order chi connectivity index (χ0) is 12.5. The topological polar surface area (TPSA) is 56.9 Å². The fraction of sp³-hybridized carbons (Fsp3) is 0.692. The van der Waals surface area contributed by atoms with E-state index in [1.54, 1.807) is 0 Å². The first-order chi connectivity index (χ1) is 8.79. The van der Waals surface area contributed by atoms with Crippen LogP contribution in [0.1, 0.15) is 35.8 Å². The molecule has 0 amide bonds. The summed E-state index contributed by atoms with van der Waals surface area (Å²) in [4.78, 5) is 2.36. The number of nitriles is 1. The second kappa shape index (κ2) is 4.71. The van der Waals surface area contributed by atoms with Crippen molar-refractivity contribution in [3.8, 4) is 6.07 Å². The van der Waals surface area contributed by atoms with Crippen LogP contribution in [0, 0.1) is 11.3 Å². The minimum atomic E-state index is 0.482. The zero-order valence-electron chi connectivity index (χ0n) is 10.8. The average Bonchev–Trinajstić information content (AvgIpc) is 2.79. The molecular formula is C13H19N5. The number of nitrogens with one attached hydrogen (secondary N) is 1. The molecule has 1 fully saturated rings. The van der Waals surface area contributed by atoms with Gasteiger partial charge in [0.15, 0.2) is 5.69 Å². The van der Waals surface area contributed by atoms with Crippen molar-refractivity contribution in [3.05, 3.63) is 17.0 Å². The molecule has 1 aromatic heterocycles. The largest absolute Gasteiger partial charge is 0.312 e. The van der Waals surface area contributed by atoms with Gasteiger partial charge >= 0.3 is 0 Å². The molecule has 0 aliphatic carbocycles. The third kappa shape index (κ3) is 1.92. The molecule has 1 aromatic rings.